The van der Waals surface area contributed by atoms with Crippen molar-refractivity contribution in [3.05, 3.63) is 18.0 Å². The number of hydrogen-bond acceptors (Lipinski definition) is 2. The summed E-state index contributed by atoms with van der Waals surface area (Å²) in [4.78, 5) is 11.8. The Morgan fingerprint density at radius 3 is 2.65 bits per heavy atom. The minimum Gasteiger partial charge on any atom is -0.349 e. The third-order valence-electron chi connectivity index (χ3n) is 3.07. The van der Waals surface area contributed by atoms with Crippen LogP contribution in [0, 0.1) is 5.92 Å². The van der Waals surface area contributed by atoms with Gasteiger partial charge in [0.05, 0.1) is 5.38 Å². The molecule has 0 aliphatic carbocycles. The number of halogens is 1. The highest BCUT2D eigenvalue weighted by Crippen LogP contribution is 2.17. The summed E-state index contributed by atoms with van der Waals surface area (Å²) >= 11 is 6.26. The Kier molecular flexibility index (Phi) is 5.48. The number of rotatable bonds is 6. The molecule has 0 aliphatic heterocycles. The molecule has 0 aromatic carbocycles. The molecule has 0 saturated carbocycles. The number of nitrogens with zero attached hydrogens (tertiary/aromatic N) is 2. The molecule has 1 rings (SSSR count). The first-order chi connectivity index (χ1) is 8.10. The van der Waals surface area contributed by atoms with Crippen molar-refractivity contribution in [2.24, 2.45) is 13.0 Å². The number of carbonyl (C=O) groups is 1. The lowest BCUT2D eigenvalue weighted by Crippen LogP contribution is -2.34. The Morgan fingerprint density at radius 1 is 1.53 bits per heavy atom. The van der Waals surface area contributed by atoms with Crippen LogP contribution in [0.3, 0.4) is 0 Å². The Bertz CT molecular complexity index is 360. The van der Waals surface area contributed by atoms with Crippen molar-refractivity contribution in [1.29, 1.82) is 0 Å². The van der Waals surface area contributed by atoms with Crippen molar-refractivity contribution in [2.45, 2.75) is 32.1 Å². The molecule has 1 heterocycles. The summed E-state index contributed by atoms with van der Waals surface area (Å²) in [6.45, 7) is 4.73. The molecule has 0 fully saturated rings. The first-order valence-corrected chi connectivity index (χ1v) is 6.44. The van der Waals surface area contributed by atoms with Crippen molar-refractivity contribution >= 4 is 17.5 Å². The Morgan fingerprint density at radius 2 is 2.18 bits per heavy atom. The number of nitrogens with one attached hydrogen (secondary N) is 1. The average molecular weight is 258 g/mol. The van der Waals surface area contributed by atoms with Gasteiger partial charge in [-0.05, 0) is 12.0 Å². The zero-order valence-corrected chi connectivity index (χ0v) is 11.4. The second-order valence-corrected chi connectivity index (χ2v) is 4.70. The maximum Gasteiger partial charge on any atom is 0.269 e. The molecular formula is C12H20ClN3O. The van der Waals surface area contributed by atoms with E-state index in [1.165, 1.54) is 0 Å². The smallest absolute Gasteiger partial charge is 0.269 e. The van der Waals surface area contributed by atoms with Gasteiger partial charge in [0, 0.05) is 19.8 Å². The molecule has 17 heavy (non-hydrogen) atoms. The molecule has 1 amide bonds. The van der Waals surface area contributed by atoms with Crippen LogP contribution in [0.5, 0.6) is 0 Å². The quantitative estimate of drug-likeness (QED) is 0.794. The van der Waals surface area contributed by atoms with Crippen LogP contribution in [0.25, 0.3) is 0 Å². The van der Waals surface area contributed by atoms with Gasteiger partial charge >= 0.3 is 0 Å². The Labute approximate surface area is 107 Å². The second-order valence-electron chi connectivity index (χ2n) is 4.14. The van der Waals surface area contributed by atoms with E-state index in [-0.39, 0.29) is 11.3 Å². The minimum atomic E-state index is -0.124. The average Bonchev–Trinajstić information content (AvgIpc) is 2.74. The van der Waals surface area contributed by atoms with Gasteiger partial charge in [0.2, 0.25) is 0 Å². The first-order valence-electron chi connectivity index (χ1n) is 6.00. The highest BCUT2D eigenvalue weighted by atomic mass is 35.5. The molecule has 0 spiro atoms. The summed E-state index contributed by atoms with van der Waals surface area (Å²) in [6, 6.07) is 1.69. The van der Waals surface area contributed by atoms with E-state index in [0.717, 1.165) is 12.8 Å². The molecule has 1 aromatic heterocycles. The molecule has 5 heteroatoms. The van der Waals surface area contributed by atoms with Crippen LogP contribution in [0.15, 0.2) is 12.3 Å². The van der Waals surface area contributed by atoms with Crippen molar-refractivity contribution in [2.75, 3.05) is 6.54 Å². The molecule has 0 bridgehead atoms. The van der Waals surface area contributed by atoms with Crippen LogP contribution < -0.4 is 5.32 Å². The van der Waals surface area contributed by atoms with Crippen LogP contribution >= 0.6 is 11.6 Å². The van der Waals surface area contributed by atoms with Gasteiger partial charge in [-0.1, -0.05) is 26.7 Å². The molecule has 1 aromatic rings. The lowest BCUT2D eigenvalue weighted by molar-refractivity contribution is 0.0942. The molecule has 4 nitrogen and oxygen atoms in total. The zero-order valence-electron chi connectivity index (χ0n) is 10.6. The molecule has 0 radical (unpaired) electrons. The predicted molar refractivity (Wildman–Crippen MR) is 69.3 cm³/mol. The van der Waals surface area contributed by atoms with E-state index in [2.05, 4.69) is 24.3 Å². The van der Waals surface area contributed by atoms with Crippen molar-refractivity contribution < 1.29 is 4.79 Å². The monoisotopic (exact) mass is 257 g/mol. The van der Waals surface area contributed by atoms with Gasteiger partial charge in [-0.15, -0.1) is 11.6 Å². The molecule has 1 atom stereocenters. The van der Waals surface area contributed by atoms with E-state index in [1.54, 1.807) is 24.0 Å². The van der Waals surface area contributed by atoms with E-state index in [0.29, 0.717) is 18.2 Å². The van der Waals surface area contributed by atoms with Crippen molar-refractivity contribution in [3.8, 4) is 0 Å². The van der Waals surface area contributed by atoms with Gasteiger partial charge in [-0.3, -0.25) is 9.48 Å². The van der Waals surface area contributed by atoms with E-state index in [4.69, 9.17) is 11.6 Å². The summed E-state index contributed by atoms with van der Waals surface area (Å²) in [6.07, 6.45) is 3.67. The largest absolute Gasteiger partial charge is 0.349 e. The molecule has 0 aliphatic rings. The SMILES string of the molecule is CCC(CC)C(Cl)CNC(=O)c1ccnn1C. The lowest BCUT2D eigenvalue weighted by Gasteiger charge is -2.19. The fourth-order valence-electron chi connectivity index (χ4n) is 1.84. The third-order valence-corrected chi connectivity index (χ3v) is 3.58. The van der Waals surface area contributed by atoms with Crippen LogP contribution in [0.1, 0.15) is 37.2 Å². The standard InChI is InChI=1S/C12H20ClN3O/c1-4-9(5-2)10(13)8-14-12(17)11-6-7-15-16(11)3/h6-7,9-10H,4-5,8H2,1-3H3,(H,14,17). The number of alkyl halides is 1. The predicted octanol–water partition coefficient (Wildman–Crippen LogP) is 2.19. The van der Waals surface area contributed by atoms with Gasteiger partial charge in [-0.25, -0.2) is 0 Å². The molecule has 1 N–H and O–H groups in total. The Balaban J connectivity index is 2.46. The number of carbonyl (C=O) groups excluding carboxylic acids is 1. The van der Waals surface area contributed by atoms with E-state index < -0.39 is 0 Å². The lowest BCUT2D eigenvalue weighted by atomic mass is 9.99. The summed E-state index contributed by atoms with van der Waals surface area (Å²) in [7, 11) is 1.74. The first kappa shape index (κ1) is 14.0. The van der Waals surface area contributed by atoms with Gasteiger partial charge < -0.3 is 5.32 Å². The number of hydrogen-bond donors (Lipinski definition) is 1. The van der Waals surface area contributed by atoms with Crippen LogP contribution in [0.2, 0.25) is 0 Å². The van der Waals surface area contributed by atoms with Crippen LogP contribution in [-0.4, -0.2) is 27.6 Å². The summed E-state index contributed by atoms with van der Waals surface area (Å²) < 4.78 is 1.55. The fraction of sp³-hybridized carbons (Fsp3) is 0.667. The van der Waals surface area contributed by atoms with Crippen LogP contribution in [0.4, 0.5) is 0 Å². The highest BCUT2D eigenvalue weighted by Gasteiger charge is 2.17. The number of amides is 1. The zero-order chi connectivity index (χ0) is 12.8. The van der Waals surface area contributed by atoms with E-state index in [9.17, 15) is 4.79 Å². The summed E-state index contributed by atoms with van der Waals surface area (Å²) in [5.74, 6) is 0.324. The van der Waals surface area contributed by atoms with Gasteiger partial charge in [-0.2, -0.15) is 5.10 Å². The minimum absolute atomic E-state index is 0.0119. The van der Waals surface area contributed by atoms with Crippen molar-refractivity contribution in [3.63, 3.8) is 0 Å². The number of aromatic nitrogens is 2. The molecule has 96 valence electrons. The highest BCUT2D eigenvalue weighted by molar-refractivity contribution is 6.21. The molecule has 0 saturated heterocycles. The topological polar surface area (TPSA) is 46.9 Å². The maximum absolute atomic E-state index is 11.8. The summed E-state index contributed by atoms with van der Waals surface area (Å²) in [5.41, 5.74) is 0.554. The second kappa shape index (κ2) is 6.64. The third kappa shape index (κ3) is 3.73. The van der Waals surface area contributed by atoms with Crippen molar-refractivity contribution in [1.82, 2.24) is 15.1 Å². The summed E-state index contributed by atoms with van der Waals surface area (Å²) in [5, 5.41) is 6.79. The van der Waals surface area contributed by atoms with Gasteiger partial charge in [0.1, 0.15) is 5.69 Å². The fourth-order valence-corrected chi connectivity index (χ4v) is 2.28. The maximum atomic E-state index is 11.8. The van der Waals surface area contributed by atoms with Crippen LogP contribution in [-0.2, 0) is 7.05 Å². The molecule has 1 unspecified atom stereocenters. The van der Waals surface area contributed by atoms with Gasteiger partial charge in [0.25, 0.3) is 5.91 Å². The van der Waals surface area contributed by atoms with Gasteiger partial charge in [0.15, 0.2) is 0 Å². The van der Waals surface area contributed by atoms with E-state index >= 15 is 0 Å². The van der Waals surface area contributed by atoms with E-state index in [1.807, 2.05) is 0 Å². The normalized spacial score (nSPS) is 12.8. The Hall–Kier alpha value is -1.03. The number of aryl methyl sites for hydroxylation is 1. The molecular weight excluding hydrogens is 238 g/mol.